The summed E-state index contributed by atoms with van der Waals surface area (Å²) < 4.78 is 0. The molecule has 0 radical (unpaired) electrons. The summed E-state index contributed by atoms with van der Waals surface area (Å²) in [5.41, 5.74) is 8.18. The van der Waals surface area contributed by atoms with Crippen LogP contribution in [0.25, 0.3) is 10.4 Å². The third kappa shape index (κ3) is 2.41. The van der Waals surface area contributed by atoms with E-state index in [9.17, 15) is 5.11 Å². The van der Waals surface area contributed by atoms with Crippen molar-refractivity contribution in [2.75, 3.05) is 0 Å². The van der Waals surface area contributed by atoms with E-state index in [2.05, 4.69) is 10.0 Å². The predicted octanol–water partition coefficient (Wildman–Crippen LogP) is 1.99. The number of nitrogens with zero attached hydrogens (tertiary/aromatic N) is 3. The fraction of sp³-hybridized carbons (Fsp3) is 1.00. The molecule has 0 unspecified atom stereocenters. The smallest absolute Gasteiger partial charge is 0.0633 e. The second kappa shape index (κ2) is 4.21. The van der Waals surface area contributed by atoms with E-state index >= 15 is 0 Å². The average Bonchev–Trinajstić information content (AvgIpc) is 2.18. The molecule has 0 aromatic heterocycles. The highest BCUT2D eigenvalue weighted by Crippen LogP contribution is 2.20. The molecule has 0 aliphatic heterocycles. The van der Waals surface area contributed by atoms with Crippen molar-refractivity contribution in [2.45, 2.75) is 44.2 Å². The molecule has 0 spiro atoms. The first kappa shape index (κ1) is 8.37. The molecule has 0 aromatic carbocycles. The molecule has 0 amide bonds. The molecule has 11 heavy (non-hydrogen) atoms. The largest absolute Gasteiger partial charge is 0.393 e. The molecule has 4 nitrogen and oxygen atoms in total. The Morgan fingerprint density at radius 1 is 1.27 bits per heavy atom. The van der Waals surface area contributed by atoms with Crippen LogP contribution in [0.1, 0.15) is 32.1 Å². The van der Waals surface area contributed by atoms with Gasteiger partial charge in [-0.3, -0.25) is 0 Å². The molecule has 1 aliphatic rings. The maximum absolute atomic E-state index is 9.42. The summed E-state index contributed by atoms with van der Waals surface area (Å²) in [4.78, 5) is 2.72. The van der Waals surface area contributed by atoms with Gasteiger partial charge in [0.05, 0.1) is 12.1 Å². The van der Waals surface area contributed by atoms with Crippen molar-refractivity contribution < 1.29 is 5.11 Å². The Kier molecular flexibility index (Phi) is 3.20. The standard InChI is InChI=1S/C7H13N3O/c8-10-9-6-4-2-1-3-5-7(6)11/h6-7,11H,1-5H2/t6-,7+/m0/s1. The van der Waals surface area contributed by atoms with Crippen LogP contribution in [0, 0.1) is 0 Å². The van der Waals surface area contributed by atoms with Crippen molar-refractivity contribution in [1.82, 2.24) is 0 Å². The van der Waals surface area contributed by atoms with Gasteiger partial charge in [0.15, 0.2) is 0 Å². The maximum atomic E-state index is 9.42. The van der Waals surface area contributed by atoms with E-state index in [0.29, 0.717) is 0 Å². The summed E-state index contributed by atoms with van der Waals surface area (Å²) in [6.07, 6.45) is 4.48. The summed E-state index contributed by atoms with van der Waals surface area (Å²) in [7, 11) is 0. The predicted molar refractivity (Wildman–Crippen MR) is 42.0 cm³/mol. The van der Waals surface area contributed by atoms with E-state index in [0.717, 1.165) is 32.1 Å². The summed E-state index contributed by atoms with van der Waals surface area (Å²) in [5.74, 6) is 0. The van der Waals surface area contributed by atoms with Crippen molar-refractivity contribution in [3.8, 4) is 0 Å². The molecule has 0 bridgehead atoms. The van der Waals surface area contributed by atoms with Crippen LogP contribution >= 0.6 is 0 Å². The molecule has 1 fully saturated rings. The summed E-state index contributed by atoms with van der Waals surface area (Å²) >= 11 is 0. The minimum Gasteiger partial charge on any atom is -0.393 e. The molecular weight excluding hydrogens is 142 g/mol. The maximum Gasteiger partial charge on any atom is 0.0633 e. The van der Waals surface area contributed by atoms with Gasteiger partial charge in [-0.1, -0.05) is 24.4 Å². The number of hydrogen-bond acceptors (Lipinski definition) is 2. The van der Waals surface area contributed by atoms with Crippen LogP contribution in [0.2, 0.25) is 0 Å². The van der Waals surface area contributed by atoms with E-state index in [-0.39, 0.29) is 6.04 Å². The van der Waals surface area contributed by atoms with Gasteiger partial charge in [0.1, 0.15) is 0 Å². The Morgan fingerprint density at radius 3 is 2.73 bits per heavy atom. The molecule has 1 N–H and O–H groups in total. The second-order valence-electron chi connectivity index (χ2n) is 2.98. The lowest BCUT2D eigenvalue weighted by atomic mass is 10.1. The van der Waals surface area contributed by atoms with Crippen molar-refractivity contribution in [3.05, 3.63) is 10.4 Å². The number of rotatable bonds is 1. The van der Waals surface area contributed by atoms with Gasteiger partial charge in [-0.25, -0.2) is 0 Å². The topological polar surface area (TPSA) is 69.0 Å². The highest BCUT2D eigenvalue weighted by Gasteiger charge is 2.19. The van der Waals surface area contributed by atoms with Gasteiger partial charge < -0.3 is 5.11 Å². The first-order chi connectivity index (χ1) is 5.34. The van der Waals surface area contributed by atoms with Gasteiger partial charge in [-0.05, 0) is 18.4 Å². The van der Waals surface area contributed by atoms with Crippen molar-refractivity contribution in [3.63, 3.8) is 0 Å². The average molecular weight is 155 g/mol. The summed E-state index contributed by atoms with van der Waals surface area (Å²) in [6.45, 7) is 0. The van der Waals surface area contributed by atoms with Crippen molar-refractivity contribution >= 4 is 0 Å². The molecule has 2 atom stereocenters. The molecule has 0 heterocycles. The van der Waals surface area contributed by atoms with Crippen LogP contribution in [-0.4, -0.2) is 17.3 Å². The third-order valence-electron chi connectivity index (χ3n) is 2.14. The minimum atomic E-state index is -0.409. The Bertz CT molecular complexity index is 165. The number of aliphatic hydroxyl groups is 1. The molecule has 1 aliphatic carbocycles. The van der Waals surface area contributed by atoms with Crippen molar-refractivity contribution in [1.29, 1.82) is 0 Å². The van der Waals surface area contributed by atoms with Crippen LogP contribution in [0.5, 0.6) is 0 Å². The lowest BCUT2D eigenvalue weighted by Crippen LogP contribution is -2.21. The third-order valence-corrected chi connectivity index (χ3v) is 2.14. The molecule has 62 valence electrons. The molecule has 1 rings (SSSR count). The van der Waals surface area contributed by atoms with E-state index in [1.165, 1.54) is 0 Å². The van der Waals surface area contributed by atoms with Gasteiger partial charge in [-0.2, -0.15) is 0 Å². The van der Waals surface area contributed by atoms with Crippen LogP contribution in [-0.2, 0) is 0 Å². The second-order valence-corrected chi connectivity index (χ2v) is 2.98. The van der Waals surface area contributed by atoms with E-state index in [1.54, 1.807) is 0 Å². The molecular formula is C7H13N3O. The first-order valence-corrected chi connectivity index (χ1v) is 4.07. The van der Waals surface area contributed by atoms with E-state index in [1.807, 2.05) is 0 Å². The van der Waals surface area contributed by atoms with Gasteiger partial charge in [0.2, 0.25) is 0 Å². The van der Waals surface area contributed by atoms with Gasteiger partial charge in [0.25, 0.3) is 0 Å². The van der Waals surface area contributed by atoms with E-state index < -0.39 is 6.10 Å². The Morgan fingerprint density at radius 2 is 2.00 bits per heavy atom. The minimum absolute atomic E-state index is 0.178. The van der Waals surface area contributed by atoms with Gasteiger partial charge in [0, 0.05) is 4.91 Å². The SMILES string of the molecule is [N-]=[N+]=N[C@H]1CCCCC[C@H]1O. The number of azide groups is 1. The van der Waals surface area contributed by atoms with Crippen molar-refractivity contribution in [2.24, 2.45) is 5.11 Å². The zero-order valence-corrected chi connectivity index (χ0v) is 6.48. The van der Waals surface area contributed by atoms with Gasteiger partial charge >= 0.3 is 0 Å². The highest BCUT2D eigenvalue weighted by molar-refractivity contribution is 4.78. The zero-order valence-electron chi connectivity index (χ0n) is 6.48. The fourth-order valence-corrected chi connectivity index (χ4v) is 1.47. The van der Waals surface area contributed by atoms with Crippen LogP contribution in [0.4, 0.5) is 0 Å². The van der Waals surface area contributed by atoms with Crippen LogP contribution < -0.4 is 0 Å². The molecule has 0 aromatic rings. The Balaban J connectivity index is 2.51. The zero-order chi connectivity index (χ0) is 8.10. The monoisotopic (exact) mass is 155 g/mol. The lowest BCUT2D eigenvalue weighted by molar-refractivity contribution is 0.137. The Labute approximate surface area is 65.9 Å². The fourth-order valence-electron chi connectivity index (χ4n) is 1.47. The van der Waals surface area contributed by atoms with Crippen LogP contribution in [0.15, 0.2) is 5.11 Å². The number of aliphatic hydroxyl groups excluding tert-OH is 1. The molecule has 4 heteroatoms. The van der Waals surface area contributed by atoms with Crippen LogP contribution in [0.3, 0.4) is 0 Å². The first-order valence-electron chi connectivity index (χ1n) is 4.07. The highest BCUT2D eigenvalue weighted by atomic mass is 16.3. The summed E-state index contributed by atoms with van der Waals surface area (Å²) in [5, 5.41) is 13.0. The Hall–Kier alpha value is -0.730. The normalized spacial score (nSPS) is 32.1. The molecule has 0 saturated heterocycles. The quantitative estimate of drug-likeness (QED) is 0.267. The number of hydrogen-bond donors (Lipinski definition) is 1. The van der Waals surface area contributed by atoms with E-state index in [4.69, 9.17) is 5.53 Å². The molecule has 1 saturated carbocycles. The summed E-state index contributed by atoms with van der Waals surface area (Å²) in [6, 6.07) is -0.178. The lowest BCUT2D eigenvalue weighted by Gasteiger charge is -2.13. The van der Waals surface area contributed by atoms with Gasteiger partial charge in [-0.15, -0.1) is 0 Å².